The van der Waals surface area contributed by atoms with E-state index in [2.05, 4.69) is 4.90 Å². The molecular weight excluding hydrogens is 319 g/mol. The minimum Gasteiger partial charge on any atom is -0.392 e. The van der Waals surface area contributed by atoms with Gasteiger partial charge in [0.15, 0.2) is 0 Å². The third-order valence-corrected chi connectivity index (χ3v) is 5.25. The molecule has 0 aliphatic heterocycles. The maximum absolute atomic E-state index is 13.1. The normalized spacial score (nSPS) is 18.2. The van der Waals surface area contributed by atoms with Gasteiger partial charge in [0.25, 0.3) is 0 Å². The Labute approximate surface area is 150 Å². The molecule has 1 aromatic rings. The zero-order valence-corrected chi connectivity index (χ0v) is 15.6. The molecule has 0 heterocycles. The maximum Gasteiger partial charge on any atom is 0.237 e. The van der Waals surface area contributed by atoms with Gasteiger partial charge in [-0.2, -0.15) is 0 Å². The van der Waals surface area contributed by atoms with Crippen molar-refractivity contribution in [2.75, 3.05) is 20.1 Å². The summed E-state index contributed by atoms with van der Waals surface area (Å²) in [6.07, 6.45) is 5.38. The summed E-state index contributed by atoms with van der Waals surface area (Å²) in [5.41, 5.74) is 0.914. The van der Waals surface area contributed by atoms with Crippen LogP contribution in [0.3, 0.4) is 0 Å². The Bertz CT molecular complexity index is 541. The smallest absolute Gasteiger partial charge is 0.237 e. The topological polar surface area (TPSA) is 43.8 Å². The molecule has 1 amide bonds. The Hall–Kier alpha value is -1.46. The summed E-state index contributed by atoms with van der Waals surface area (Å²) in [6.45, 7) is 4.56. The number of likely N-dealkylation sites (N-methyl/N-ethyl adjacent to an activating group) is 1. The lowest BCUT2D eigenvalue weighted by atomic mass is 9.94. The number of aliphatic hydroxyl groups is 1. The van der Waals surface area contributed by atoms with Crippen LogP contribution in [0.15, 0.2) is 24.3 Å². The SMILES string of the molecule is CC(O)CN(CC(=O)N(C)C(C)c1ccc(F)cc1)C1CCCCC1. The number of aliphatic hydroxyl groups excluding tert-OH is 1. The van der Waals surface area contributed by atoms with Crippen LogP contribution in [0, 0.1) is 5.82 Å². The van der Waals surface area contributed by atoms with E-state index in [4.69, 9.17) is 0 Å². The number of benzene rings is 1. The summed E-state index contributed by atoms with van der Waals surface area (Å²) in [4.78, 5) is 16.6. The second-order valence-electron chi connectivity index (χ2n) is 7.30. The number of hydrogen-bond donors (Lipinski definition) is 1. The summed E-state index contributed by atoms with van der Waals surface area (Å²) in [7, 11) is 1.79. The lowest BCUT2D eigenvalue weighted by molar-refractivity contribution is -0.134. The highest BCUT2D eigenvalue weighted by Gasteiger charge is 2.26. The van der Waals surface area contributed by atoms with Gasteiger partial charge < -0.3 is 10.0 Å². The van der Waals surface area contributed by atoms with Crippen molar-refractivity contribution in [3.8, 4) is 0 Å². The predicted molar refractivity (Wildman–Crippen MR) is 97.7 cm³/mol. The van der Waals surface area contributed by atoms with E-state index in [9.17, 15) is 14.3 Å². The van der Waals surface area contributed by atoms with Crippen LogP contribution in [0.5, 0.6) is 0 Å². The van der Waals surface area contributed by atoms with Crippen molar-refractivity contribution in [3.63, 3.8) is 0 Å². The van der Waals surface area contributed by atoms with Gasteiger partial charge >= 0.3 is 0 Å². The van der Waals surface area contributed by atoms with Crippen molar-refractivity contribution >= 4 is 5.91 Å². The molecule has 2 rings (SSSR count). The first-order valence-corrected chi connectivity index (χ1v) is 9.31. The maximum atomic E-state index is 13.1. The fourth-order valence-corrected chi connectivity index (χ4v) is 3.59. The number of amides is 1. The molecule has 1 N–H and O–H groups in total. The summed E-state index contributed by atoms with van der Waals surface area (Å²) in [5.74, 6) is -0.242. The molecule has 0 radical (unpaired) electrons. The molecule has 1 saturated carbocycles. The van der Waals surface area contributed by atoms with Gasteiger partial charge in [0.2, 0.25) is 5.91 Å². The summed E-state index contributed by atoms with van der Waals surface area (Å²) < 4.78 is 13.1. The van der Waals surface area contributed by atoms with E-state index >= 15 is 0 Å². The molecular formula is C20H31FN2O2. The molecule has 0 aromatic heterocycles. The van der Waals surface area contributed by atoms with Gasteiger partial charge in [-0.05, 0) is 44.4 Å². The highest BCUT2D eigenvalue weighted by Crippen LogP contribution is 2.24. The van der Waals surface area contributed by atoms with Gasteiger partial charge in [-0.3, -0.25) is 9.69 Å². The lowest BCUT2D eigenvalue weighted by Gasteiger charge is -2.36. The average Bonchev–Trinajstić information content (AvgIpc) is 2.61. The Kier molecular flexibility index (Phi) is 7.38. The van der Waals surface area contributed by atoms with Crippen LogP contribution in [0.2, 0.25) is 0 Å². The van der Waals surface area contributed by atoms with Crippen LogP contribution in [-0.4, -0.2) is 53.1 Å². The number of rotatable bonds is 7. The van der Waals surface area contributed by atoms with Crippen molar-refractivity contribution in [1.29, 1.82) is 0 Å². The molecule has 25 heavy (non-hydrogen) atoms. The van der Waals surface area contributed by atoms with Crippen LogP contribution in [0.25, 0.3) is 0 Å². The molecule has 2 atom stereocenters. The fraction of sp³-hybridized carbons (Fsp3) is 0.650. The number of carbonyl (C=O) groups is 1. The zero-order chi connectivity index (χ0) is 18.4. The standard InChI is InChI=1S/C20H31FN2O2/c1-15(24)13-23(19-7-5-4-6-8-19)14-20(25)22(3)16(2)17-9-11-18(21)12-10-17/h9-12,15-16,19,24H,4-8,13-14H2,1-3H3. The quantitative estimate of drug-likeness (QED) is 0.820. The highest BCUT2D eigenvalue weighted by atomic mass is 19.1. The van der Waals surface area contributed by atoms with Crippen LogP contribution in [-0.2, 0) is 4.79 Å². The first-order valence-electron chi connectivity index (χ1n) is 9.31. The van der Waals surface area contributed by atoms with Crippen molar-refractivity contribution in [2.24, 2.45) is 0 Å². The predicted octanol–water partition coefficient (Wildman–Crippen LogP) is 3.36. The minimum absolute atomic E-state index is 0.0306. The third kappa shape index (κ3) is 5.79. The molecule has 1 aliphatic carbocycles. The fourth-order valence-electron chi connectivity index (χ4n) is 3.59. The van der Waals surface area contributed by atoms with Crippen LogP contribution >= 0.6 is 0 Å². The minimum atomic E-state index is -0.449. The summed E-state index contributed by atoms with van der Waals surface area (Å²) in [5, 5.41) is 9.82. The molecule has 5 heteroatoms. The van der Waals surface area contributed by atoms with Crippen molar-refractivity contribution in [2.45, 2.75) is 64.1 Å². The molecule has 4 nitrogen and oxygen atoms in total. The van der Waals surface area contributed by atoms with E-state index in [1.54, 1.807) is 31.0 Å². The second kappa shape index (κ2) is 9.30. The van der Waals surface area contributed by atoms with Crippen molar-refractivity contribution in [3.05, 3.63) is 35.6 Å². The second-order valence-corrected chi connectivity index (χ2v) is 7.30. The largest absolute Gasteiger partial charge is 0.392 e. The van der Waals surface area contributed by atoms with Crippen LogP contribution in [0.4, 0.5) is 4.39 Å². The molecule has 1 aliphatic rings. The summed E-state index contributed by atoms with van der Waals surface area (Å²) >= 11 is 0. The first-order chi connectivity index (χ1) is 11.9. The summed E-state index contributed by atoms with van der Waals surface area (Å²) in [6, 6.07) is 6.55. The highest BCUT2D eigenvalue weighted by molar-refractivity contribution is 5.78. The van der Waals surface area contributed by atoms with Crippen LogP contribution in [0.1, 0.15) is 57.6 Å². The van der Waals surface area contributed by atoms with E-state index in [-0.39, 0.29) is 17.8 Å². The van der Waals surface area contributed by atoms with Gasteiger partial charge in [0, 0.05) is 19.6 Å². The van der Waals surface area contributed by atoms with E-state index in [0.717, 1.165) is 18.4 Å². The van der Waals surface area contributed by atoms with Crippen molar-refractivity contribution < 1.29 is 14.3 Å². The average molecular weight is 350 g/mol. The lowest BCUT2D eigenvalue weighted by Crippen LogP contribution is -2.47. The Balaban J connectivity index is 2.01. The third-order valence-electron chi connectivity index (χ3n) is 5.25. The van der Waals surface area contributed by atoms with Gasteiger partial charge in [-0.25, -0.2) is 4.39 Å². The van der Waals surface area contributed by atoms with Crippen molar-refractivity contribution in [1.82, 2.24) is 9.80 Å². The van der Waals surface area contributed by atoms with Gasteiger partial charge in [-0.15, -0.1) is 0 Å². The molecule has 0 bridgehead atoms. The Morgan fingerprint density at radius 3 is 2.36 bits per heavy atom. The van der Waals surface area contributed by atoms with E-state index < -0.39 is 6.10 Å². The number of halogens is 1. The number of carbonyl (C=O) groups excluding carboxylic acids is 1. The molecule has 0 spiro atoms. The monoisotopic (exact) mass is 350 g/mol. The Morgan fingerprint density at radius 1 is 1.20 bits per heavy atom. The van der Waals surface area contributed by atoms with Gasteiger partial charge in [0.05, 0.1) is 18.7 Å². The molecule has 1 aromatic carbocycles. The number of nitrogens with zero attached hydrogens (tertiary/aromatic N) is 2. The first kappa shape index (κ1) is 19.9. The van der Waals surface area contributed by atoms with Gasteiger partial charge in [0.1, 0.15) is 5.82 Å². The van der Waals surface area contributed by atoms with E-state index in [1.165, 1.54) is 31.4 Å². The Morgan fingerprint density at radius 2 is 1.80 bits per heavy atom. The van der Waals surface area contributed by atoms with Crippen LogP contribution < -0.4 is 0 Å². The zero-order valence-electron chi connectivity index (χ0n) is 15.6. The molecule has 0 saturated heterocycles. The van der Waals surface area contributed by atoms with Gasteiger partial charge in [-0.1, -0.05) is 31.4 Å². The van der Waals surface area contributed by atoms with E-state index in [1.807, 2.05) is 6.92 Å². The molecule has 140 valence electrons. The molecule has 1 fully saturated rings. The number of hydrogen-bond acceptors (Lipinski definition) is 3. The molecule has 2 unspecified atom stereocenters. The van der Waals surface area contributed by atoms with E-state index in [0.29, 0.717) is 19.1 Å².